The third-order valence-electron chi connectivity index (χ3n) is 2.55. The van der Waals surface area contributed by atoms with Crippen molar-refractivity contribution in [1.82, 2.24) is 0 Å². The molecular weight excluding hydrogens is 385 g/mol. The lowest BCUT2D eigenvalue weighted by molar-refractivity contribution is -0.162. The molecule has 0 aliphatic rings. The van der Waals surface area contributed by atoms with Gasteiger partial charge in [-0.25, -0.2) is 0 Å². The highest BCUT2D eigenvalue weighted by atomic mass is 35.5. The number of methoxy groups -OCH3 is 1. The molecule has 0 radical (unpaired) electrons. The maximum absolute atomic E-state index is 12.5. The van der Waals surface area contributed by atoms with Gasteiger partial charge in [0.1, 0.15) is 0 Å². The summed E-state index contributed by atoms with van der Waals surface area (Å²) in [4.78, 5) is 10.7. The number of carbonyl (C=O) groups is 1. The summed E-state index contributed by atoms with van der Waals surface area (Å²) in [5.41, 5.74) is -4.89. The van der Waals surface area contributed by atoms with Crippen LogP contribution in [0.4, 0.5) is 26.3 Å². The first-order valence-electron chi connectivity index (χ1n) is 6.24. The van der Waals surface area contributed by atoms with Crippen LogP contribution in [0.25, 0.3) is 0 Å². The minimum atomic E-state index is -5.36. The molecule has 2 nitrogen and oxygen atoms in total. The third kappa shape index (κ3) is 6.86. The van der Waals surface area contributed by atoms with Crippen molar-refractivity contribution in [2.24, 2.45) is 0 Å². The zero-order valence-electron chi connectivity index (χ0n) is 13.0. The van der Waals surface area contributed by atoms with E-state index in [-0.39, 0.29) is 11.7 Å². The number of alkyl halides is 6. The third-order valence-corrected chi connectivity index (χ3v) is 3.15. The van der Waals surface area contributed by atoms with E-state index in [1.807, 2.05) is 20.8 Å². The van der Waals surface area contributed by atoms with Gasteiger partial charge >= 0.3 is 12.4 Å². The quantitative estimate of drug-likeness (QED) is 0.416. The van der Waals surface area contributed by atoms with E-state index < -0.39 is 39.3 Å². The molecule has 0 heterocycles. The molecule has 0 amide bonds. The Kier molecular flexibility index (Phi) is 7.60. The smallest absolute Gasteiger partial charge is 0.379 e. The number of benzene rings is 1. The van der Waals surface area contributed by atoms with Gasteiger partial charge in [0, 0.05) is 7.11 Å². The highest BCUT2D eigenvalue weighted by Crippen LogP contribution is 2.44. The van der Waals surface area contributed by atoms with E-state index in [0.717, 1.165) is 0 Å². The maximum atomic E-state index is 12.5. The molecule has 0 aromatic heterocycles. The fourth-order valence-electron chi connectivity index (χ4n) is 1.24. The van der Waals surface area contributed by atoms with Crippen molar-refractivity contribution in [3.8, 4) is 0 Å². The van der Waals surface area contributed by atoms with Gasteiger partial charge in [-0.1, -0.05) is 11.6 Å². The molecular formula is C14H14Cl2F6O2. The van der Waals surface area contributed by atoms with Gasteiger partial charge in [-0.15, -0.1) is 0 Å². The molecule has 0 N–H and O–H groups in total. The molecule has 24 heavy (non-hydrogen) atoms. The molecule has 1 rings (SSSR count). The van der Waals surface area contributed by atoms with Crippen LogP contribution in [-0.4, -0.2) is 18.0 Å². The average Bonchev–Trinajstić information content (AvgIpc) is 2.35. The Morgan fingerprint density at radius 3 is 1.67 bits per heavy atom. The molecule has 0 bridgehead atoms. The highest BCUT2D eigenvalue weighted by molar-refractivity contribution is 6.68. The Bertz CT molecular complexity index is 589. The van der Waals surface area contributed by atoms with Crippen LogP contribution in [0.1, 0.15) is 42.3 Å². The normalized spacial score (nSPS) is 12.5. The molecule has 0 spiro atoms. The number of rotatable bonds is 1. The predicted octanol–water partition coefficient (Wildman–Crippen LogP) is 6.19. The van der Waals surface area contributed by atoms with Gasteiger partial charge in [0.25, 0.3) is 5.24 Å². The number of hydrogen-bond acceptors (Lipinski definition) is 2. The summed E-state index contributed by atoms with van der Waals surface area (Å²) in [6.07, 6.45) is -10.6. The predicted molar refractivity (Wildman–Crippen MR) is 78.4 cm³/mol. The fraction of sp³-hybridized carbons (Fsp3) is 0.500. The minimum Gasteiger partial charge on any atom is -0.379 e. The van der Waals surface area contributed by atoms with Gasteiger partial charge < -0.3 is 4.74 Å². The van der Waals surface area contributed by atoms with E-state index in [4.69, 9.17) is 27.9 Å². The van der Waals surface area contributed by atoms with Crippen molar-refractivity contribution in [3.63, 3.8) is 0 Å². The van der Waals surface area contributed by atoms with E-state index >= 15 is 0 Å². The van der Waals surface area contributed by atoms with Crippen molar-refractivity contribution in [3.05, 3.63) is 33.8 Å². The summed E-state index contributed by atoms with van der Waals surface area (Å²) in [6.45, 7) is 6.06. The van der Waals surface area contributed by atoms with Crippen molar-refractivity contribution in [2.75, 3.05) is 7.11 Å². The van der Waals surface area contributed by atoms with Gasteiger partial charge in [0.05, 0.1) is 27.3 Å². The second-order valence-corrected chi connectivity index (χ2v) is 6.16. The summed E-state index contributed by atoms with van der Waals surface area (Å²) in [5.74, 6) is 0. The van der Waals surface area contributed by atoms with E-state index in [2.05, 4.69) is 0 Å². The maximum Gasteiger partial charge on any atom is 0.418 e. The van der Waals surface area contributed by atoms with Crippen LogP contribution >= 0.6 is 23.2 Å². The molecule has 10 heteroatoms. The summed E-state index contributed by atoms with van der Waals surface area (Å²) >= 11 is 10.1. The second kappa shape index (κ2) is 7.93. The van der Waals surface area contributed by atoms with Crippen LogP contribution < -0.4 is 0 Å². The Hall–Kier alpha value is -0.990. The monoisotopic (exact) mass is 398 g/mol. The second-order valence-electron chi connectivity index (χ2n) is 5.44. The first kappa shape index (κ1) is 23.0. The standard InChI is InChI=1S/C9H2Cl2F6O.C5H12O/c10-6-3(7(11)18)1-2-4(8(12,13)14)5(6)9(15,16)17;1-5(2,3)6-4/h1-2H;1-4H3. The van der Waals surface area contributed by atoms with Gasteiger partial charge in [0.2, 0.25) is 0 Å². The highest BCUT2D eigenvalue weighted by Gasteiger charge is 2.45. The van der Waals surface area contributed by atoms with Crippen molar-refractivity contribution < 1.29 is 35.9 Å². The largest absolute Gasteiger partial charge is 0.418 e. The lowest BCUT2D eigenvalue weighted by atomic mass is 10.0. The van der Waals surface area contributed by atoms with Crippen LogP contribution in [0, 0.1) is 0 Å². The van der Waals surface area contributed by atoms with Crippen LogP contribution in [0.3, 0.4) is 0 Å². The molecule has 0 aliphatic carbocycles. The lowest BCUT2D eigenvalue weighted by Gasteiger charge is -2.17. The van der Waals surface area contributed by atoms with Crippen molar-refractivity contribution in [1.29, 1.82) is 0 Å². The van der Waals surface area contributed by atoms with E-state index in [0.29, 0.717) is 6.07 Å². The van der Waals surface area contributed by atoms with E-state index in [1.165, 1.54) is 0 Å². The molecule has 138 valence electrons. The van der Waals surface area contributed by atoms with E-state index in [9.17, 15) is 31.1 Å². The number of ether oxygens (including phenoxy) is 1. The first-order chi connectivity index (χ1) is 10.5. The Balaban J connectivity index is 0.000000754. The Morgan fingerprint density at radius 1 is 1.00 bits per heavy atom. The van der Waals surface area contributed by atoms with Crippen molar-refractivity contribution in [2.45, 2.75) is 38.7 Å². The summed E-state index contributed by atoms with van der Waals surface area (Å²) in [5, 5.41) is -2.74. The average molecular weight is 399 g/mol. The zero-order chi connectivity index (χ0) is 19.5. The summed E-state index contributed by atoms with van der Waals surface area (Å²) < 4.78 is 79.8. The molecule has 0 atom stereocenters. The van der Waals surface area contributed by atoms with Crippen LogP contribution in [-0.2, 0) is 17.1 Å². The Labute approximate surface area is 144 Å². The fourth-order valence-corrected chi connectivity index (χ4v) is 1.80. The number of halogens is 8. The lowest BCUT2D eigenvalue weighted by Crippen LogP contribution is -2.18. The van der Waals surface area contributed by atoms with Crippen LogP contribution in [0.15, 0.2) is 12.1 Å². The van der Waals surface area contributed by atoms with Gasteiger partial charge in [0.15, 0.2) is 0 Å². The molecule has 0 unspecified atom stereocenters. The zero-order valence-corrected chi connectivity index (χ0v) is 14.5. The molecule has 1 aromatic rings. The SMILES string of the molecule is COC(C)(C)C.O=C(Cl)c1ccc(C(F)(F)F)c(C(F)(F)F)c1Cl. The minimum absolute atomic E-state index is 0.0417. The van der Waals surface area contributed by atoms with Gasteiger partial charge in [-0.2, -0.15) is 26.3 Å². The molecule has 0 saturated heterocycles. The number of hydrogen-bond donors (Lipinski definition) is 0. The van der Waals surface area contributed by atoms with Crippen LogP contribution in [0.2, 0.25) is 5.02 Å². The first-order valence-corrected chi connectivity index (χ1v) is 6.99. The molecule has 0 aliphatic heterocycles. The van der Waals surface area contributed by atoms with Crippen LogP contribution in [0.5, 0.6) is 0 Å². The van der Waals surface area contributed by atoms with Gasteiger partial charge in [-0.05, 0) is 44.5 Å². The molecule has 1 aromatic carbocycles. The summed E-state index contributed by atoms with van der Waals surface area (Å²) in [7, 11) is 1.71. The van der Waals surface area contributed by atoms with Gasteiger partial charge in [-0.3, -0.25) is 4.79 Å². The molecule has 0 saturated carbocycles. The number of carbonyl (C=O) groups excluding carboxylic acids is 1. The molecule has 0 fully saturated rings. The van der Waals surface area contributed by atoms with Crippen molar-refractivity contribution >= 4 is 28.4 Å². The van der Waals surface area contributed by atoms with E-state index in [1.54, 1.807) is 7.11 Å². The summed E-state index contributed by atoms with van der Waals surface area (Å²) in [6, 6.07) is 0.611. The topological polar surface area (TPSA) is 26.3 Å². The Morgan fingerprint density at radius 2 is 1.42 bits per heavy atom.